The first-order chi connectivity index (χ1) is 12.3. The fourth-order valence-electron chi connectivity index (χ4n) is 3.06. The van der Waals surface area contributed by atoms with Crippen LogP contribution in [0.25, 0.3) is 0 Å². The van der Waals surface area contributed by atoms with E-state index in [1.54, 1.807) is 6.92 Å². The summed E-state index contributed by atoms with van der Waals surface area (Å²) >= 11 is 0. The topological polar surface area (TPSA) is 61.4 Å². The van der Waals surface area contributed by atoms with Crippen LogP contribution in [0.4, 0.5) is 0 Å². The molecule has 0 aliphatic carbocycles. The zero-order chi connectivity index (χ0) is 19.2. The number of rotatable bonds is 6. The van der Waals surface area contributed by atoms with Crippen LogP contribution in [0.3, 0.4) is 0 Å². The molecule has 2 N–H and O–H groups in total. The van der Waals surface area contributed by atoms with Crippen LogP contribution < -0.4 is 10.6 Å². The zero-order valence-electron chi connectivity index (χ0n) is 16.6. The van der Waals surface area contributed by atoms with Crippen LogP contribution in [0, 0.1) is 5.41 Å². The molecule has 1 aromatic rings. The Morgan fingerprint density at radius 1 is 1.08 bits per heavy atom. The molecule has 1 fully saturated rings. The second-order valence-corrected chi connectivity index (χ2v) is 8.27. The normalized spacial score (nSPS) is 16.8. The predicted molar refractivity (Wildman–Crippen MR) is 104 cm³/mol. The van der Waals surface area contributed by atoms with Gasteiger partial charge in [-0.2, -0.15) is 0 Å². The summed E-state index contributed by atoms with van der Waals surface area (Å²) in [5.74, 6) is -0.277. The smallest absolute Gasteiger partial charge is 0.242 e. The maximum atomic E-state index is 12.3. The molecule has 1 unspecified atom stereocenters. The van der Waals surface area contributed by atoms with Crippen LogP contribution in [0.2, 0.25) is 0 Å². The summed E-state index contributed by atoms with van der Waals surface area (Å²) in [5, 5.41) is 5.74. The van der Waals surface area contributed by atoms with Gasteiger partial charge >= 0.3 is 0 Å². The van der Waals surface area contributed by atoms with E-state index in [2.05, 4.69) is 33.7 Å². The third kappa shape index (κ3) is 6.13. The van der Waals surface area contributed by atoms with Crippen molar-refractivity contribution in [2.75, 3.05) is 13.1 Å². The van der Waals surface area contributed by atoms with Gasteiger partial charge in [0.1, 0.15) is 6.04 Å². The van der Waals surface area contributed by atoms with Gasteiger partial charge in [-0.05, 0) is 44.0 Å². The molecule has 1 heterocycles. The molecule has 26 heavy (non-hydrogen) atoms. The number of amides is 2. The second-order valence-electron chi connectivity index (χ2n) is 8.27. The lowest BCUT2D eigenvalue weighted by molar-refractivity contribution is -0.133. The molecule has 5 heteroatoms. The summed E-state index contributed by atoms with van der Waals surface area (Å²) in [7, 11) is 0. The van der Waals surface area contributed by atoms with Crippen molar-refractivity contribution in [3.05, 3.63) is 35.4 Å². The molecule has 1 aliphatic rings. The van der Waals surface area contributed by atoms with E-state index >= 15 is 0 Å². The molecule has 1 saturated heterocycles. The highest BCUT2D eigenvalue weighted by Gasteiger charge is 2.25. The number of carbonyl (C=O) groups excluding carboxylic acids is 2. The van der Waals surface area contributed by atoms with Gasteiger partial charge in [0.2, 0.25) is 11.8 Å². The number of benzene rings is 1. The predicted octanol–water partition coefficient (Wildman–Crippen LogP) is 2.84. The molecule has 0 aromatic heterocycles. The Hall–Kier alpha value is -1.88. The molecule has 0 spiro atoms. The minimum absolute atomic E-state index is 0.120. The van der Waals surface area contributed by atoms with Gasteiger partial charge in [0.25, 0.3) is 0 Å². The van der Waals surface area contributed by atoms with Gasteiger partial charge < -0.3 is 10.6 Å². The fourth-order valence-corrected chi connectivity index (χ4v) is 3.06. The molecular weight excluding hydrogens is 326 g/mol. The van der Waals surface area contributed by atoms with Crippen molar-refractivity contribution in [2.24, 2.45) is 5.41 Å². The van der Waals surface area contributed by atoms with Crippen LogP contribution in [0.15, 0.2) is 24.3 Å². The van der Waals surface area contributed by atoms with E-state index < -0.39 is 11.5 Å². The van der Waals surface area contributed by atoms with Crippen LogP contribution in [0.5, 0.6) is 0 Å². The standard InChI is InChI=1S/C21H33N3O2/c1-16(23-20(26)21(2,3)4)19(25)22-14-17-10-6-7-11-18(17)15-24-12-8-5-9-13-24/h6-7,10-11,16H,5,8-9,12-15H2,1-4H3,(H,22,25)(H,23,26). The van der Waals surface area contributed by atoms with E-state index in [0.717, 1.165) is 25.2 Å². The first-order valence-corrected chi connectivity index (χ1v) is 9.65. The van der Waals surface area contributed by atoms with Gasteiger partial charge in [0, 0.05) is 18.5 Å². The maximum absolute atomic E-state index is 12.3. The summed E-state index contributed by atoms with van der Waals surface area (Å²) in [5.41, 5.74) is 1.90. The van der Waals surface area contributed by atoms with E-state index in [4.69, 9.17) is 0 Å². The number of piperidine rings is 1. The van der Waals surface area contributed by atoms with Crippen molar-refractivity contribution in [3.8, 4) is 0 Å². The Labute approximate surface area is 157 Å². The van der Waals surface area contributed by atoms with Crippen molar-refractivity contribution < 1.29 is 9.59 Å². The van der Waals surface area contributed by atoms with Crippen LogP contribution in [0.1, 0.15) is 58.1 Å². The fraction of sp³-hybridized carbons (Fsp3) is 0.619. The molecule has 0 saturated carbocycles. The Morgan fingerprint density at radius 2 is 1.69 bits per heavy atom. The molecule has 0 radical (unpaired) electrons. The minimum atomic E-state index is -0.545. The van der Waals surface area contributed by atoms with Gasteiger partial charge in [0.15, 0.2) is 0 Å². The summed E-state index contributed by atoms with van der Waals surface area (Å²) in [4.78, 5) is 26.9. The number of carbonyl (C=O) groups is 2. The van der Waals surface area contributed by atoms with E-state index in [1.807, 2.05) is 26.8 Å². The van der Waals surface area contributed by atoms with Crippen molar-refractivity contribution in [3.63, 3.8) is 0 Å². The monoisotopic (exact) mass is 359 g/mol. The SMILES string of the molecule is CC(NC(=O)C(C)(C)C)C(=O)NCc1ccccc1CN1CCCCC1. The Kier molecular flexibility index (Phi) is 7.21. The van der Waals surface area contributed by atoms with Crippen LogP contribution in [-0.4, -0.2) is 35.8 Å². The van der Waals surface area contributed by atoms with E-state index in [1.165, 1.54) is 24.8 Å². The van der Waals surface area contributed by atoms with Gasteiger partial charge in [-0.1, -0.05) is 51.5 Å². The van der Waals surface area contributed by atoms with E-state index in [9.17, 15) is 9.59 Å². The Balaban J connectivity index is 1.90. The molecule has 0 bridgehead atoms. The number of nitrogens with zero attached hydrogens (tertiary/aromatic N) is 1. The Morgan fingerprint density at radius 3 is 2.31 bits per heavy atom. The van der Waals surface area contributed by atoms with Gasteiger partial charge in [0.05, 0.1) is 0 Å². The van der Waals surface area contributed by atoms with Crippen LogP contribution >= 0.6 is 0 Å². The third-order valence-corrected chi connectivity index (χ3v) is 4.84. The number of likely N-dealkylation sites (tertiary alicyclic amines) is 1. The molecule has 2 rings (SSSR count). The van der Waals surface area contributed by atoms with E-state index in [0.29, 0.717) is 6.54 Å². The number of nitrogens with one attached hydrogen (secondary N) is 2. The average Bonchev–Trinajstić information content (AvgIpc) is 2.60. The molecule has 2 amide bonds. The molecule has 5 nitrogen and oxygen atoms in total. The maximum Gasteiger partial charge on any atom is 0.242 e. The van der Waals surface area contributed by atoms with Gasteiger partial charge in [-0.3, -0.25) is 14.5 Å². The molecule has 1 aromatic carbocycles. The number of hydrogen-bond acceptors (Lipinski definition) is 3. The molecule has 1 aliphatic heterocycles. The van der Waals surface area contributed by atoms with Crippen molar-refractivity contribution in [1.82, 2.24) is 15.5 Å². The highest BCUT2D eigenvalue weighted by atomic mass is 16.2. The first-order valence-electron chi connectivity index (χ1n) is 9.65. The summed E-state index contributed by atoms with van der Waals surface area (Å²) in [6, 6.07) is 7.72. The lowest BCUT2D eigenvalue weighted by Crippen LogP contribution is -2.48. The highest BCUT2D eigenvalue weighted by molar-refractivity contribution is 5.89. The largest absolute Gasteiger partial charge is 0.350 e. The summed E-state index contributed by atoms with van der Waals surface area (Å²) < 4.78 is 0. The van der Waals surface area contributed by atoms with Crippen molar-refractivity contribution in [2.45, 2.75) is 66.1 Å². The lowest BCUT2D eigenvalue weighted by atomic mass is 9.95. The summed E-state index contributed by atoms with van der Waals surface area (Å²) in [6.45, 7) is 10.9. The second kappa shape index (κ2) is 9.17. The van der Waals surface area contributed by atoms with Gasteiger partial charge in [-0.15, -0.1) is 0 Å². The number of hydrogen-bond donors (Lipinski definition) is 2. The quantitative estimate of drug-likeness (QED) is 0.821. The minimum Gasteiger partial charge on any atom is -0.350 e. The molecule has 1 atom stereocenters. The van der Waals surface area contributed by atoms with Crippen molar-refractivity contribution >= 4 is 11.8 Å². The van der Waals surface area contributed by atoms with E-state index in [-0.39, 0.29) is 11.8 Å². The first kappa shape index (κ1) is 20.4. The summed E-state index contributed by atoms with van der Waals surface area (Å²) in [6.07, 6.45) is 3.86. The van der Waals surface area contributed by atoms with Crippen molar-refractivity contribution in [1.29, 1.82) is 0 Å². The highest BCUT2D eigenvalue weighted by Crippen LogP contribution is 2.16. The molecule has 144 valence electrons. The molecular formula is C21H33N3O2. The van der Waals surface area contributed by atoms with Crippen LogP contribution in [-0.2, 0) is 22.7 Å². The third-order valence-electron chi connectivity index (χ3n) is 4.84. The zero-order valence-corrected chi connectivity index (χ0v) is 16.6. The average molecular weight is 360 g/mol. The lowest BCUT2D eigenvalue weighted by Gasteiger charge is -2.27. The Bertz CT molecular complexity index is 616. The van der Waals surface area contributed by atoms with Gasteiger partial charge in [-0.25, -0.2) is 0 Å².